The lowest BCUT2D eigenvalue weighted by atomic mass is 9.81. The minimum Gasteiger partial charge on any atom is -0.396 e. The van der Waals surface area contributed by atoms with E-state index in [1.54, 1.807) is 0 Å². The van der Waals surface area contributed by atoms with Crippen LogP contribution in [0.2, 0.25) is 0 Å². The van der Waals surface area contributed by atoms with Crippen LogP contribution < -0.4 is 0 Å². The highest BCUT2D eigenvalue weighted by atomic mass is 16.5. The van der Waals surface area contributed by atoms with Gasteiger partial charge >= 0.3 is 0 Å². The Balaban J connectivity index is 2.66. The largest absolute Gasteiger partial charge is 0.396 e. The van der Waals surface area contributed by atoms with E-state index < -0.39 is 30.3 Å². The van der Waals surface area contributed by atoms with Crippen LogP contribution in [-0.2, 0) is 4.74 Å². The summed E-state index contributed by atoms with van der Waals surface area (Å²) in [4.78, 5) is 0. The van der Waals surface area contributed by atoms with Gasteiger partial charge in [0.05, 0.1) is 12.2 Å². The van der Waals surface area contributed by atoms with Crippen LogP contribution in [0.5, 0.6) is 0 Å². The molecule has 1 rings (SSSR count). The zero-order valence-electron chi connectivity index (χ0n) is 7.50. The van der Waals surface area contributed by atoms with Gasteiger partial charge in [-0.05, 0) is 6.42 Å². The van der Waals surface area contributed by atoms with E-state index in [1.165, 1.54) is 7.11 Å². The van der Waals surface area contributed by atoms with Crippen molar-refractivity contribution in [2.24, 2.45) is 5.92 Å². The summed E-state index contributed by atoms with van der Waals surface area (Å²) in [6.45, 7) is -0.217. The molecule has 0 spiro atoms. The molecular weight excluding hydrogens is 176 g/mol. The van der Waals surface area contributed by atoms with Gasteiger partial charge < -0.3 is 25.2 Å². The summed E-state index contributed by atoms with van der Waals surface area (Å²) in [6.07, 6.45) is -3.56. The summed E-state index contributed by atoms with van der Waals surface area (Å²) in [6, 6.07) is 0. The minimum absolute atomic E-state index is 0.217. The molecule has 4 N–H and O–H groups in total. The quantitative estimate of drug-likeness (QED) is 0.410. The van der Waals surface area contributed by atoms with Crippen molar-refractivity contribution in [3.63, 3.8) is 0 Å². The molecule has 0 heterocycles. The smallest absolute Gasteiger partial charge is 0.109 e. The lowest BCUT2D eigenvalue weighted by molar-refractivity contribution is -0.170. The fraction of sp³-hybridized carbons (Fsp3) is 1.00. The van der Waals surface area contributed by atoms with Crippen LogP contribution in [-0.4, -0.2) is 58.6 Å². The third-order valence-electron chi connectivity index (χ3n) is 2.64. The van der Waals surface area contributed by atoms with E-state index in [0.29, 0.717) is 6.42 Å². The number of hydrogen-bond acceptors (Lipinski definition) is 5. The molecule has 1 saturated carbocycles. The molecule has 0 amide bonds. The van der Waals surface area contributed by atoms with Crippen molar-refractivity contribution in [1.29, 1.82) is 0 Å². The van der Waals surface area contributed by atoms with Crippen LogP contribution in [0, 0.1) is 5.92 Å². The Hall–Kier alpha value is -0.200. The van der Waals surface area contributed by atoms with E-state index in [4.69, 9.17) is 9.84 Å². The van der Waals surface area contributed by atoms with E-state index in [-0.39, 0.29) is 6.61 Å². The molecule has 0 bridgehead atoms. The second-order valence-corrected chi connectivity index (χ2v) is 3.42. The second-order valence-electron chi connectivity index (χ2n) is 3.42. The second kappa shape index (κ2) is 4.34. The summed E-state index contributed by atoms with van der Waals surface area (Å²) >= 11 is 0. The number of ether oxygens (including phenoxy) is 1. The Morgan fingerprint density at radius 3 is 2.23 bits per heavy atom. The molecule has 0 aromatic carbocycles. The first-order valence-corrected chi connectivity index (χ1v) is 4.29. The first-order valence-electron chi connectivity index (χ1n) is 4.29. The van der Waals surface area contributed by atoms with E-state index in [1.807, 2.05) is 0 Å². The zero-order chi connectivity index (χ0) is 10.0. The van der Waals surface area contributed by atoms with Crippen molar-refractivity contribution in [3.05, 3.63) is 0 Å². The van der Waals surface area contributed by atoms with E-state index in [9.17, 15) is 15.3 Å². The molecule has 1 aliphatic rings. The molecule has 0 saturated heterocycles. The number of rotatable bonds is 2. The molecule has 5 atom stereocenters. The highest BCUT2D eigenvalue weighted by Crippen LogP contribution is 2.26. The summed E-state index contributed by atoms with van der Waals surface area (Å²) in [7, 11) is 1.42. The van der Waals surface area contributed by atoms with Gasteiger partial charge in [-0.3, -0.25) is 0 Å². The molecule has 0 unspecified atom stereocenters. The third kappa shape index (κ3) is 2.00. The molecular formula is C8H16O5. The molecule has 1 aliphatic carbocycles. The van der Waals surface area contributed by atoms with E-state index in [2.05, 4.69) is 0 Å². The Bertz CT molecular complexity index is 143. The van der Waals surface area contributed by atoms with Crippen molar-refractivity contribution in [1.82, 2.24) is 0 Å². The van der Waals surface area contributed by atoms with E-state index >= 15 is 0 Å². The number of hydrogen-bond donors (Lipinski definition) is 4. The highest BCUT2D eigenvalue weighted by Gasteiger charge is 2.42. The number of aliphatic hydroxyl groups is 4. The van der Waals surface area contributed by atoms with Gasteiger partial charge in [0.1, 0.15) is 12.2 Å². The first-order chi connectivity index (χ1) is 6.11. The SMILES string of the molecule is CO[C@H]1C[C@@H](CO)[C@@H](O)[C@H](O)[C@H]1O. The van der Waals surface area contributed by atoms with Gasteiger partial charge in [-0.15, -0.1) is 0 Å². The maximum absolute atomic E-state index is 9.40. The van der Waals surface area contributed by atoms with Crippen molar-refractivity contribution >= 4 is 0 Å². The van der Waals surface area contributed by atoms with Crippen LogP contribution in [0.4, 0.5) is 0 Å². The van der Waals surface area contributed by atoms with Crippen LogP contribution in [0.3, 0.4) is 0 Å². The van der Waals surface area contributed by atoms with E-state index in [0.717, 1.165) is 0 Å². The molecule has 0 aromatic heterocycles. The lowest BCUT2D eigenvalue weighted by Gasteiger charge is -2.38. The summed E-state index contributed by atoms with van der Waals surface area (Å²) < 4.78 is 4.92. The van der Waals surface area contributed by atoms with Crippen LogP contribution in [0.25, 0.3) is 0 Å². The summed E-state index contributed by atoms with van der Waals surface area (Å²) in [5.41, 5.74) is 0. The monoisotopic (exact) mass is 192 g/mol. The molecule has 1 fully saturated rings. The van der Waals surface area contributed by atoms with Gasteiger partial charge in [-0.25, -0.2) is 0 Å². The van der Waals surface area contributed by atoms with Gasteiger partial charge in [-0.2, -0.15) is 0 Å². The normalized spacial score (nSPS) is 46.4. The van der Waals surface area contributed by atoms with Gasteiger partial charge in [0, 0.05) is 19.6 Å². The van der Waals surface area contributed by atoms with Gasteiger partial charge in [0.15, 0.2) is 0 Å². The standard InChI is InChI=1S/C8H16O5/c1-13-5-2-4(3-9)6(10)8(12)7(5)11/h4-12H,2-3H2,1H3/t4-,5-,6+,7-,8-/m0/s1. The molecule has 0 aliphatic heterocycles. The first kappa shape index (κ1) is 10.9. The Labute approximate surface area is 76.6 Å². The maximum Gasteiger partial charge on any atom is 0.109 e. The molecule has 5 heteroatoms. The summed E-state index contributed by atoms with van der Waals surface area (Å²) in [5, 5.41) is 37.0. The average Bonchev–Trinajstić information content (AvgIpc) is 2.15. The number of methoxy groups -OCH3 is 1. The Kier molecular flexibility index (Phi) is 3.63. The highest BCUT2D eigenvalue weighted by molar-refractivity contribution is 4.92. The van der Waals surface area contributed by atoms with Gasteiger partial charge in [0.25, 0.3) is 0 Å². The maximum atomic E-state index is 9.40. The lowest BCUT2D eigenvalue weighted by Crippen LogP contribution is -2.54. The van der Waals surface area contributed by atoms with Crippen LogP contribution in [0.1, 0.15) is 6.42 Å². The topological polar surface area (TPSA) is 90.2 Å². The zero-order valence-corrected chi connectivity index (χ0v) is 7.50. The van der Waals surface area contributed by atoms with Crippen molar-refractivity contribution in [2.45, 2.75) is 30.8 Å². The molecule has 13 heavy (non-hydrogen) atoms. The van der Waals surface area contributed by atoms with Gasteiger partial charge in [0.2, 0.25) is 0 Å². The fourth-order valence-electron chi connectivity index (χ4n) is 1.70. The van der Waals surface area contributed by atoms with Crippen LogP contribution in [0.15, 0.2) is 0 Å². The molecule has 0 aromatic rings. The summed E-state index contributed by atoms with van der Waals surface area (Å²) in [5.74, 6) is -0.427. The van der Waals surface area contributed by atoms with Crippen molar-refractivity contribution < 1.29 is 25.2 Å². The Morgan fingerprint density at radius 2 is 1.77 bits per heavy atom. The predicted octanol–water partition coefficient (Wildman–Crippen LogP) is -1.90. The average molecular weight is 192 g/mol. The number of aliphatic hydroxyl groups excluding tert-OH is 4. The van der Waals surface area contributed by atoms with Crippen molar-refractivity contribution in [2.75, 3.05) is 13.7 Å². The van der Waals surface area contributed by atoms with Crippen molar-refractivity contribution in [3.8, 4) is 0 Å². The third-order valence-corrected chi connectivity index (χ3v) is 2.64. The van der Waals surface area contributed by atoms with Gasteiger partial charge in [-0.1, -0.05) is 0 Å². The Morgan fingerprint density at radius 1 is 1.15 bits per heavy atom. The molecule has 78 valence electrons. The fourth-order valence-corrected chi connectivity index (χ4v) is 1.70. The molecule has 5 nitrogen and oxygen atoms in total. The minimum atomic E-state index is -1.24. The molecule has 0 radical (unpaired) electrons. The van der Waals surface area contributed by atoms with Crippen LogP contribution >= 0.6 is 0 Å². The predicted molar refractivity (Wildman–Crippen MR) is 44.0 cm³/mol.